The molecule has 1 aliphatic carbocycles. The zero-order chi connectivity index (χ0) is 12.8. The average molecular weight is 230 g/mol. The molecule has 0 bridgehead atoms. The van der Waals surface area contributed by atoms with Crippen LogP contribution in [0.1, 0.15) is 33.3 Å². The van der Waals surface area contributed by atoms with Crippen molar-refractivity contribution in [1.29, 1.82) is 5.26 Å². The summed E-state index contributed by atoms with van der Waals surface area (Å²) in [6.07, 6.45) is 1.61. The van der Waals surface area contributed by atoms with Crippen LogP contribution >= 0.6 is 0 Å². The second-order valence-electron chi connectivity index (χ2n) is 5.75. The molecule has 0 unspecified atom stereocenters. The first kappa shape index (κ1) is 11.7. The number of nitrogen functional groups attached to an aromatic ring is 1. The summed E-state index contributed by atoms with van der Waals surface area (Å²) < 4.78 is 0. The molecule has 0 spiro atoms. The van der Waals surface area contributed by atoms with Gasteiger partial charge in [-0.05, 0) is 16.9 Å². The van der Waals surface area contributed by atoms with Gasteiger partial charge in [0.25, 0.3) is 0 Å². The van der Waals surface area contributed by atoms with Crippen LogP contribution in [0.15, 0.2) is 12.3 Å². The number of anilines is 2. The minimum Gasteiger partial charge on any atom is -0.395 e. The van der Waals surface area contributed by atoms with Crippen molar-refractivity contribution in [2.75, 3.05) is 11.1 Å². The van der Waals surface area contributed by atoms with Gasteiger partial charge in [-0.1, -0.05) is 27.7 Å². The van der Waals surface area contributed by atoms with Crippen LogP contribution < -0.4 is 11.1 Å². The molecule has 4 heteroatoms. The van der Waals surface area contributed by atoms with E-state index in [1.165, 1.54) is 0 Å². The van der Waals surface area contributed by atoms with E-state index in [0.29, 0.717) is 23.1 Å². The molecule has 1 fully saturated rings. The smallest absolute Gasteiger partial charge is 0.150 e. The molecule has 1 saturated carbocycles. The predicted octanol–water partition coefficient (Wildman–Crippen LogP) is 2.38. The number of nitrogens with zero attached hydrogens (tertiary/aromatic N) is 2. The van der Waals surface area contributed by atoms with Crippen molar-refractivity contribution in [3.63, 3.8) is 0 Å². The average Bonchev–Trinajstić information content (AvgIpc) is 2.63. The fraction of sp³-hybridized carbons (Fsp3) is 0.538. The molecular weight excluding hydrogens is 212 g/mol. The lowest BCUT2D eigenvalue weighted by Gasteiger charge is -2.10. The van der Waals surface area contributed by atoms with Gasteiger partial charge in [-0.3, -0.25) is 0 Å². The third-order valence-corrected chi connectivity index (χ3v) is 4.41. The van der Waals surface area contributed by atoms with Crippen molar-refractivity contribution >= 4 is 11.5 Å². The van der Waals surface area contributed by atoms with Crippen molar-refractivity contribution in [2.45, 2.75) is 33.7 Å². The molecule has 1 heterocycles. The van der Waals surface area contributed by atoms with Gasteiger partial charge in [0.05, 0.1) is 11.3 Å². The Hall–Kier alpha value is -1.76. The van der Waals surface area contributed by atoms with Gasteiger partial charge in [-0.15, -0.1) is 0 Å². The molecule has 0 aliphatic heterocycles. The molecule has 0 atom stereocenters. The largest absolute Gasteiger partial charge is 0.395 e. The van der Waals surface area contributed by atoms with Gasteiger partial charge < -0.3 is 11.1 Å². The molecule has 1 aromatic heterocycles. The van der Waals surface area contributed by atoms with Gasteiger partial charge in [0, 0.05) is 12.2 Å². The van der Waals surface area contributed by atoms with E-state index >= 15 is 0 Å². The Morgan fingerprint density at radius 3 is 2.41 bits per heavy atom. The minimum atomic E-state index is 0.212. The van der Waals surface area contributed by atoms with Gasteiger partial charge >= 0.3 is 0 Å². The van der Waals surface area contributed by atoms with Crippen LogP contribution in [-0.4, -0.2) is 11.0 Å². The maximum atomic E-state index is 8.91. The number of hydrogen-bond acceptors (Lipinski definition) is 4. The highest BCUT2D eigenvalue weighted by Gasteiger charge is 2.65. The molecule has 90 valence electrons. The zero-order valence-electron chi connectivity index (χ0n) is 10.7. The maximum Gasteiger partial charge on any atom is 0.150 e. The van der Waals surface area contributed by atoms with Crippen molar-refractivity contribution in [3.8, 4) is 6.07 Å². The van der Waals surface area contributed by atoms with Crippen LogP contribution in [0.5, 0.6) is 0 Å². The number of nitrogens with two attached hydrogens (primary N) is 1. The van der Waals surface area contributed by atoms with Crippen LogP contribution in [0, 0.1) is 22.2 Å². The lowest BCUT2D eigenvalue weighted by atomic mass is 10.0. The second kappa shape index (κ2) is 3.36. The first-order valence-corrected chi connectivity index (χ1v) is 5.73. The third kappa shape index (κ3) is 1.54. The summed E-state index contributed by atoms with van der Waals surface area (Å²) >= 11 is 0. The molecule has 0 radical (unpaired) electrons. The Morgan fingerprint density at radius 2 is 1.94 bits per heavy atom. The van der Waals surface area contributed by atoms with E-state index in [2.05, 4.69) is 44.1 Å². The highest BCUT2D eigenvalue weighted by atomic mass is 15.1. The summed E-state index contributed by atoms with van der Waals surface area (Å²) in [5, 5.41) is 12.3. The number of pyridine rings is 1. The molecule has 1 aliphatic rings. The minimum absolute atomic E-state index is 0.212. The molecule has 0 saturated heterocycles. The number of aromatic nitrogens is 1. The predicted molar refractivity (Wildman–Crippen MR) is 68.3 cm³/mol. The molecule has 0 amide bonds. The van der Waals surface area contributed by atoms with Gasteiger partial charge in [-0.25, -0.2) is 4.98 Å². The molecule has 0 aromatic carbocycles. The second-order valence-corrected chi connectivity index (χ2v) is 5.75. The fourth-order valence-electron chi connectivity index (χ4n) is 2.38. The Labute approximate surface area is 102 Å². The van der Waals surface area contributed by atoms with Crippen LogP contribution in [0.25, 0.3) is 0 Å². The van der Waals surface area contributed by atoms with Crippen molar-refractivity contribution in [3.05, 3.63) is 17.8 Å². The van der Waals surface area contributed by atoms with Gasteiger partial charge in [0.2, 0.25) is 0 Å². The van der Waals surface area contributed by atoms with E-state index in [4.69, 9.17) is 11.0 Å². The highest BCUT2D eigenvalue weighted by molar-refractivity contribution is 5.69. The van der Waals surface area contributed by atoms with Crippen molar-refractivity contribution < 1.29 is 0 Å². The van der Waals surface area contributed by atoms with Crippen LogP contribution in [-0.2, 0) is 0 Å². The summed E-state index contributed by atoms with van der Waals surface area (Å²) in [7, 11) is 0. The van der Waals surface area contributed by atoms with E-state index in [1.54, 1.807) is 12.3 Å². The number of rotatable bonds is 2. The normalized spacial score (nSPS) is 20.6. The third-order valence-electron chi connectivity index (χ3n) is 4.41. The summed E-state index contributed by atoms with van der Waals surface area (Å²) in [4.78, 5) is 4.21. The Morgan fingerprint density at radius 1 is 1.35 bits per heavy atom. The Balaban J connectivity index is 2.26. The van der Waals surface area contributed by atoms with E-state index in [9.17, 15) is 0 Å². The van der Waals surface area contributed by atoms with Gasteiger partial charge in [0.15, 0.2) is 5.82 Å². The van der Waals surface area contributed by atoms with E-state index in [1.807, 2.05) is 0 Å². The fourth-order valence-corrected chi connectivity index (χ4v) is 2.38. The van der Waals surface area contributed by atoms with E-state index in [0.717, 1.165) is 0 Å². The molecule has 4 nitrogen and oxygen atoms in total. The SMILES string of the molecule is CC1(C)C(Nc2nccc(C#N)c2N)C1(C)C. The Bertz CT molecular complexity index is 483. The molecule has 17 heavy (non-hydrogen) atoms. The molecule has 1 aromatic rings. The highest BCUT2D eigenvalue weighted by Crippen LogP contribution is 2.63. The van der Waals surface area contributed by atoms with Gasteiger partial charge in [0.1, 0.15) is 6.07 Å². The maximum absolute atomic E-state index is 8.91. The Kier molecular flexibility index (Phi) is 2.32. The van der Waals surface area contributed by atoms with Crippen LogP contribution in [0.4, 0.5) is 11.5 Å². The molecule has 2 rings (SSSR count). The monoisotopic (exact) mass is 230 g/mol. The lowest BCUT2D eigenvalue weighted by Crippen LogP contribution is -2.13. The van der Waals surface area contributed by atoms with E-state index < -0.39 is 0 Å². The summed E-state index contributed by atoms with van der Waals surface area (Å²) in [6, 6.07) is 4.03. The van der Waals surface area contributed by atoms with Crippen LogP contribution in [0.2, 0.25) is 0 Å². The first-order valence-electron chi connectivity index (χ1n) is 5.73. The summed E-state index contributed by atoms with van der Waals surface area (Å²) in [5.41, 5.74) is 7.23. The standard InChI is InChI=1S/C13H18N4/c1-12(2)11(13(12,3)4)17-10-9(15)8(7-14)5-6-16-10/h5-6,11H,15H2,1-4H3,(H,16,17). The van der Waals surface area contributed by atoms with Crippen molar-refractivity contribution in [1.82, 2.24) is 4.98 Å². The number of hydrogen-bond donors (Lipinski definition) is 2. The molecule has 3 N–H and O–H groups in total. The lowest BCUT2D eigenvalue weighted by molar-refractivity contribution is 0.457. The molecular formula is C13H18N4. The zero-order valence-corrected chi connectivity index (χ0v) is 10.7. The summed E-state index contributed by atoms with van der Waals surface area (Å²) in [5.74, 6) is 0.618. The topological polar surface area (TPSA) is 74.7 Å². The van der Waals surface area contributed by atoms with E-state index in [-0.39, 0.29) is 10.8 Å². The number of nitrogens with one attached hydrogen (secondary N) is 1. The first-order chi connectivity index (χ1) is 7.82. The van der Waals surface area contributed by atoms with Crippen LogP contribution in [0.3, 0.4) is 0 Å². The summed E-state index contributed by atoms with van der Waals surface area (Å²) in [6.45, 7) is 8.87. The van der Waals surface area contributed by atoms with Crippen molar-refractivity contribution in [2.24, 2.45) is 10.8 Å². The quantitative estimate of drug-likeness (QED) is 0.818. The number of nitriles is 1. The van der Waals surface area contributed by atoms with Gasteiger partial charge in [-0.2, -0.15) is 5.26 Å².